The molecule has 6 atom stereocenters. The highest BCUT2D eigenvalue weighted by Crippen LogP contribution is 2.26. The highest BCUT2D eigenvalue weighted by Gasteiger charge is 2.48. The number of aromatic amines is 1. The van der Waals surface area contributed by atoms with E-state index in [-0.39, 0.29) is 5.82 Å². The van der Waals surface area contributed by atoms with Crippen LogP contribution in [-0.4, -0.2) is 108 Å². The molecule has 3 heterocycles. The summed E-state index contributed by atoms with van der Waals surface area (Å²) in [5.41, 5.74) is -0.00408. The SMILES string of the molecule is CC(C)(C)OC(=O)NCC(=O)N[C@@H]1[C@@H](O)[C@@H](O)[C@@H](Nc2ncnc3nc[nH]c23)O[C@H]1[C@@H](O)CO. The molecular weight excluding hydrogens is 454 g/mol. The van der Waals surface area contributed by atoms with Crippen LogP contribution in [0.5, 0.6) is 0 Å². The number of amides is 2. The van der Waals surface area contributed by atoms with Gasteiger partial charge in [0.15, 0.2) is 17.7 Å². The summed E-state index contributed by atoms with van der Waals surface area (Å²) >= 11 is 0. The maximum Gasteiger partial charge on any atom is 0.408 e. The van der Waals surface area contributed by atoms with Crippen molar-refractivity contribution in [1.29, 1.82) is 0 Å². The highest BCUT2D eigenvalue weighted by molar-refractivity contribution is 5.83. The summed E-state index contributed by atoms with van der Waals surface area (Å²) < 4.78 is 10.7. The summed E-state index contributed by atoms with van der Waals surface area (Å²) in [6.07, 6.45) is -5.53. The highest BCUT2D eigenvalue weighted by atomic mass is 16.6. The minimum atomic E-state index is -1.62. The number of ether oxygens (including phenoxy) is 2. The largest absolute Gasteiger partial charge is 0.444 e. The van der Waals surface area contributed by atoms with Crippen molar-refractivity contribution in [3.8, 4) is 0 Å². The van der Waals surface area contributed by atoms with Crippen LogP contribution in [0.15, 0.2) is 12.7 Å². The van der Waals surface area contributed by atoms with Crippen molar-refractivity contribution < 1.29 is 39.5 Å². The van der Waals surface area contributed by atoms with Gasteiger partial charge in [-0.3, -0.25) is 4.79 Å². The quantitative estimate of drug-likeness (QED) is 0.206. The molecule has 1 fully saturated rings. The van der Waals surface area contributed by atoms with Gasteiger partial charge in [-0.1, -0.05) is 0 Å². The van der Waals surface area contributed by atoms with E-state index >= 15 is 0 Å². The minimum Gasteiger partial charge on any atom is -0.444 e. The van der Waals surface area contributed by atoms with Crippen molar-refractivity contribution in [2.24, 2.45) is 0 Å². The van der Waals surface area contributed by atoms with Crippen molar-refractivity contribution in [2.45, 2.75) is 63.1 Å². The summed E-state index contributed by atoms with van der Waals surface area (Å²) in [6, 6.07) is -1.32. The lowest BCUT2D eigenvalue weighted by Crippen LogP contribution is -2.68. The van der Waals surface area contributed by atoms with Crippen LogP contribution in [0.2, 0.25) is 0 Å². The van der Waals surface area contributed by atoms with E-state index in [1.165, 1.54) is 12.7 Å². The monoisotopic (exact) mass is 483 g/mol. The first-order chi connectivity index (χ1) is 16.0. The molecule has 1 aliphatic rings. The van der Waals surface area contributed by atoms with Crippen LogP contribution in [-0.2, 0) is 14.3 Å². The Balaban J connectivity index is 1.69. The number of aromatic nitrogens is 4. The van der Waals surface area contributed by atoms with Crippen LogP contribution in [0.25, 0.3) is 11.2 Å². The smallest absolute Gasteiger partial charge is 0.408 e. The van der Waals surface area contributed by atoms with E-state index in [1.54, 1.807) is 20.8 Å². The molecule has 15 nitrogen and oxygen atoms in total. The molecule has 3 rings (SSSR count). The number of imidazole rings is 1. The lowest BCUT2D eigenvalue weighted by atomic mass is 9.92. The van der Waals surface area contributed by atoms with E-state index in [0.29, 0.717) is 11.2 Å². The third-order valence-electron chi connectivity index (χ3n) is 4.87. The number of aliphatic hydroxyl groups is 4. The molecule has 34 heavy (non-hydrogen) atoms. The predicted molar refractivity (Wildman–Crippen MR) is 115 cm³/mol. The molecule has 15 heteroatoms. The Morgan fingerprint density at radius 1 is 1.24 bits per heavy atom. The van der Waals surface area contributed by atoms with Gasteiger partial charge in [0.1, 0.15) is 48.4 Å². The molecule has 2 amide bonds. The van der Waals surface area contributed by atoms with Crippen molar-refractivity contribution in [3.05, 3.63) is 12.7 Å². The average molecular weight is 483 g/mol. The van der Waals surface area contributed by atoms with Gasteiger partial charge in [0.05, 0.1) is 19.0 Å². The van der Waals surface area contributed by atoms with Gasteiger partial charge in [-0.15, -0.1) is 0 Å². The third-order valence-corrected chi connectivity index (χ3v) is 4.87. The molecular formula is C19H29N7O8. The number of aliphatic hydroxyl groups excluding tert-OH is 4. The molecule has 188 valence electrons. The van der Waals surface area contributed by atoms with Crippen LogP contribution >= 0.6 is 0 Å². The van der Waals surface area contributed by atoms with Gasteiger partial charge in [0.25, 0.3) is 0 Å². The Hall–Kier alpha value is -3.11. The van der Waals surface area contributed by atoms with E-state index < -0.39 is 67.4 Å². The fourth-order valence-corrected chi connectivity index (χ4v) is 3.35. The summed E-state index contributed by atoms with van der Waals surface area (Å²) in [5, 5.41) is 48.5. The van der Waals surface area contributed by atoms with Crippen molar-refractivity contribution in [1.82, 2.24) is 30.6 Å². The molecule has 0 saturated carbocycles. The van der Waals surface area contributed by atoms with Crippen LogP contribution in [0.3, 0.4) is 0 Å². The molecule has 0 spiro atoms. The van der Waals surface area contributed by atoms with Gasteiger partial charge in [-0.2, -0.15) is 0 Å². The second-order valence-electron chi connectivity index (χ2n) is 8.67. The number of carbonyl (C=O) groups is 2. The second-order valence-corrected chi connectivity index (χ2v) is 8.67. The fraction of sp³-hybridized carbons (Fsp3) is 0.632. The molecule has 2 aromatic rings. The lowest BCUT2D eigenvalue weighted by molar-refractivity contribution is -0.204. The van der Waals surface area contributed by atoms with Crippen molar-refractivity contribution in [3.63, 3.8) is 0 Å². The van der Waals surface area contributed by atoms with Gasteiger partial charge in [-0.05, 0) is 20.8 Å². The second kappa shape index (κ2) is 10.4. The zero-order valence-electron chi connectivity index (χ0n) is 18.8. The zero-order chi connectivity index (χ0) is 25.0. The van der Waals surface area contributed by atoms with Gasteiger partial charge < -0.3 is 50.8 Å². The van der Waals surface area contributed by atoms with Gasteiger partial charge in [-0.25, -0.2) is 19.7 Å². The van der Waals surface area contributed by atoms with E-state index in [2.05, 4.69) is 35.9 Å². The summed E-state index contributed by atoms with van der Waals surface area (Å²) in [5.74, 6) is -0.540. The van der Waals surface area contributed by atoms with Gasteiger partial charge >= 0.3 is 6.09 Å². The lowest BCUT2D eigenvalue weighted by Gasteiger charge is -2.44. The van der Waals surface area contributed by atoms with Crippen molar-refractivity contribution >= 4 is 29.0 Å². The number of nitrogens with one attached hydrogen (secondary N) is 4. The number of anilines is 1. The van der Waals surface area contributed by atoms with E-state index in [4.69, 9.17) is 9.47 Å². The molecule has 0 aromatic carbocycles. The molecule has 0 unspecified atom stereocenters. The summed E-state index contributed by atoms with van der Waals surface area (Å²) in [6.45, 7) is 3.73. The average Bonchev–Trinajstić information content (AvgIpc) is 3.25. The Bertz CT molecular complexity index is 996. The zero-order valence-corrected chi connectivity index (χ0v) is 18.8. The number of carbonyl (C=O) groups excluding carboxylic acids is 2. The van der Waals surface area contributed by atoms with Crippen LogP contribution in [0, 0.1) is 0 Å². The van der Waals surface area contributed by atoms with E-state index in [0.717, 1.165) is 0 Å². The predicted octanol–water partition coefficient (Wildman–Crippen LogP) is -2.43. The number of hydrogen-bond acceptors (Lipinski definition) is 12. The first-order valence-corrected chi connectivity index (χ1v) is 10.5. The fourth-order valence-electron chi connectivity index (χ4n) is 3.35. The van der Waals surface area contributed by atoms with Crippen LogP contribution in [0.1, 0.15) is 20.8 Å². The maximum atomic E-state index is 12.4. The Morgan fingerprint density at radius 3 is 2.65 bits per heavy atom. The first kappa shape index (κ1) is 25.5. The summed E-state index contributed by atoms with van der Waals surface area (Å²) in [4.78, 5) is 39.0. The Kier molecular flexibility index (Phi) is 7.83. The molecule has 0 aliphatic carbocycles. The van der Waals surface area contributed by atoms with Crippen LogP contribution in [0.4, 0.5) is 10.6 Å². The number of nitrogens with zero attached hydrogens (tertiary/aromatic N) is 3. The normalized spacial score (nSPS) is 26.0. The van der Waals surface area contributed by atoms with E-state index in [1.807, 2.05) is 0 Å². The van der Waals surface area contributed by atoms with E-state index in [9.17, 15) is 30.0 Å². The Labute approximate surface area is 193 Å². The number of H-pyrrole nitrogens is 1. The van der Waals surface area contributed by atoms with Crippen molar-refractivity contribution in [2.75, 3.05) is 18.5 Å². The Morgan fingerprint density at radius 2 is 1.97 bits per heavy atom. The molecule has 1 saturated heterocycles. The van der Waals surface area contributed by atoms with Gasteiger partial charge in [0, 0.05) is 0 Å². The third kappa shape index (κ3) is 6.06. The molecule has 1 aliphatic heterocycles. The molecule has 0 bridgehead atoms. The summed E-state index contributed by atoms with van der Waals surface area (Å²) in [7, 11) is 0. The maximum absolute atomic E-state index is 12.4. The first-order valence-electron chi connectivity index (χ1n) is 10.5. The molecule has 8 N–H and O–H groups in total. The number of alkyl carbamates (subject to hydrolysis) is 1. The number of rotatable bonds is 7. The number of fused-ring (bicyclic) bond motifs is 1. The minimum absolute atomic E-state index is 0.208. The van der Waals surface area contributed by atoms with Gasteiger partial charge in [0.2, 0.25) is 5.91 Å². The number of hydrogen-bond donors (Lipinski definition) is 8. The topological polar surface area (TPSA) is 224 Å². The molecule has 2 aromatic heterocycles. The van der Waals surface area contributed by atoms with Crippen LogP contribution < -0.4 is 16.0 Å². The molecule has 0 radical (unpaired) electrons. The standard InChI is InChI=1S/C19H29N7O8/c1-19(2,3)34-18(32)20-4-9(29)25-10-12(30)13(31)17(33-14(10)8(28)5-27)26-16-11-15(22-6-21-11)23-7-24-16/h6-8,10,12-14,17,27-28,30-31H,4-5H2,1-3H3,(H,20,32)(H,25,29)(H2,21,22,23,24,26)/t8-,10+,12+,13+,14-,17-/m0/s1.